The van der Waals surface area contributed by atoms with Gasteiger partial charge in [-0.3, -0.25) is 15.1 Å². The van der Waals surface area contributed by atoms with Gasteiger partial charge in [-0.2, -0.15) is 26.3 Å². The minimum atomic E-state index is -4.57. The van der Waals surface area contributed by atoms with E-state index in [0.717, 1.165) is 24.4 Å². The quantitative estimate of drug-likeness (QED) is 0.337. The lowest BCUT2D eigenvalue weighted by molar-refractivity contribution is -0.141. The number of halogens is 7. The maximum Gasteiger partial charge on any atom is 0.433 e. The Morgan fingerprint density at radius 2 is 1.57 bits per heavy atom. The normalized spacial score (nSPS) is 13.8. The molecule has 0 saturated heterocycles. The molecule has 2 aromatic carbocycles. The summed E-state index contributed by atoms with van der Waals surface area (Å²) in [6, 6.07) is 8.99. The zero-order valence-corrected chi connectivity index (χ0v) is 19.8. The number of alkyl halides is 6. The summed E-state index contributed by atoms with van der Waals surface area (Å²) in [5.74, 6) is -0.959. The van der Waals surface area contributed by atoms with Crippen LogP contribution in [0.2, 0.25) is 0 Å². The van der Waals surface area contributed by atoms with Gasteiger partial charge in [0.05, 0.1) is 5.56 Å². The van der Waals surface area contributed by atoms with Crippen molar-refractivity contribution in [3.8, 4) is 0 Å². The summed E-state index contributed by atoms with van der Waals surface area (Å²) in [5, 5.41) is 5.61. The summed E-state index contributed by atoms with van der Waals surface area (Å²) in [6.07, 6.45) is -7.48. The Kier molecular flexibility index (Phi) is 8.57. The van der Waals surface area contributed by atoms with Crippen molar-refractivity contribution in [1.29, 1.82) is 0 Å². The van der Waals surface area contributed by atoms with Gasteiger partial charge in [-0.25, -0.2) is 4.39 Å². The van der Waals surface area contributed by atoms with Crippen molar-refractivity contribution < 1.29 is 35.5 Å². The van der Waals surface area contributed by atoms with Crippen LogP contribution in [0.1, 0.15) is 52.0 Å². The molecule has 3 rings (SSSR count). The second kappa shape index (κ2) is 11.3. The molecule has 0 saturated carbocycles. The molecule has 4 nitrogen and oxygen atoms in total. The lowest BCUT2D eigenvalue weighted by Crippen LogP contribution is -2.38. The fourth-order valence-electron chi connectivity index (χ4n) is 3.82. The molecule has 11 heteroatoms. The number of aromatic nitrogens is 1. The van der Waals surface area contributed by atoms with E-state index in [1.165, 1.54) is 37.4 Å². The van der Waals surface area contributed by atoms with E-state index >= 15 is 0 Å². The molecule has 0 radical (unpaired) electrons. The van der Waals surface area contributed by atoms with E-state index in [1.807, 2.05) is 0 Å². The lowest BCUT2D eigenvalue weighted by Gasteiger charge is -2.26. The molecule has 0 fully saturated rings. The average Bonchev–Trinajstić information content (AvgIpc) is 2.85. The average molecular weight is 527 g/mol. The number of aryl methyl sites for hydroxylation is 2. The van der Waals surface area contributed by atoms with Crippen LogP contribution in [0.25, 0.3) is 0 Å². The van der Waals surface area contributed by atoms with Gasteiger partial charge in [0.1, 0.15) is 17.6 Å². The largest absolute Gasteiger partial charge is 0.433 e. The first-order chi connectivity index (χ1) is 17.3. The highest BCUT2D eigenvalue weighted by Gasteiger charge is 2.33. The van der Waals surface area contributed by atoms with Crippen LogP contribution in [0.5, 0.6) is 0 Å². The van der Waals surface area contributed by atoms with Gasteiger partial charge >= 0.3 is 12.4 Å². The maximum absolute atomic E-state index is 13.9. The molecule has 0 aliphatic carbocycles. The third-order valence-electron chi connectivity index (χ3n) is 5.87. The van der Waals surface area contributed by atoms with Crippen LogP contribution in [0.4, 0.5) is 30.7 Å². The van der Waals surface area contributed by atoms with Crippen LogP contribution in [-0.2, 0) is 23.6 Å². The summed E-state index contributed by atoms with van der Waals surface area (Å²) in [6.45, 7) is 1.56. The van der Waals surface area contributed by atoms with E-state index in [1.54, 1.807) is 13.0 Å². The van der Waals surface area contributed by atoms with E-state index in [9.17, 15) is 35.5 Å². The third-order valence-corrected chi connectivity index (χ3v) is 5.87. The second-order valence-corrected chi connectivity index (χ2v) is 8.48. The number of hydrogen-bond acceptors (Lipinski definition) is 3. The molecule has 1 aromatic heterocycles. The summed E-state index contributed by atoms with van der Waals surface area (Å²) in [5.41, 5.74) is -0.183. The Morgan fingerprint density at radius 3 is 2.08 bits per heavy atom. The second-order valence-electron chi connectivity index (χ2n) is 8.48. The van der Waals surface area contributed by atoms with Gasteiger partial charge in [-0.05, 0) is 66.3 Å². The predicted octanol–water partition coefficient (Wildman–Crippen LogP) is 6.32. The number of benzene rings is 2. The summed E-state index contributed by atoms with van der Waals surface area (Å²) < 4.78 is 91.4. The van der Waals surface area contributed by atoms with Gasteiger partial charge in [-0.1, -0.05) is 30.3 Å². The molecule has 37 heavy (non-hydrogen) atoms. The highest BCUT2D eigenvalue weighted by atomic mass is 19.4. The highest BCUT2D eigenvalue weighted by molar-refractivity contribution is 5.83. The molecule has 0 bridgehead atoms. The molecular formula is C26H24F7N3O. The van der Waals surface area contributed by atoms with Crippen LogP contribution in [-0.4, -0.2) is 17.9 Å². The molecule has 0 spiro atoms. The van der Waals surface area contributed by atoms with Crippen molar-refractivity contribution in [2.45, 2.75) is 44.2 Å². The van der Waals surface area contributed by atoms with E-state index in [4.69, 9.17) is 0 Å². The fourth-order valence-corrected chi connectivity index (χ4v) is 3.82. The van der Waals surface area contributed by atoms with Gasteiger partial charge in [0.25, 0.3) is 0 Å². The molecule has 1 heterocycles. The molecule has 0 unspecified atom stereocenters. The standard InChI is InChI=1S/C26H24F7N3O/c1-15-13-18(7-10-20(15)27)21(11-3-16-4-12-22(35-14-16)26(31,32)33)36-23(24(37)34-2)17-5-8-19(9-6-17)25(28,29)30/h4-10,12-14,21,23,36H,3,11H2,1-2H3,(H,34,37)/t21-,23-/m0/s1. The van der Waals surface area contributed by atoms with Crippen LogP contribution in [0.15, 0.2) is 60.8 Å². The molecule has 2 N–H and O–H groups in total. The smallest absolute Gasteiger partial charge is 0.358 e. The maximum atomic E-state index is 13.9. The van der Waals surface area contributed by atoms with E-state index in [0.29, 0.717) is 16.7 Å². The Balaban J connectivity index is 1.90. The van der Waals surface area contributed by atoms with Crippen LogP contribution < -0.4 is 10.6 Å². The number of carbonyl (C=O) groups excluding carboxylic acids is 1. The zero-order valence-electron chi connectivity index (χ0n) is 19.8. The monoisotopic (exact) mass is 527 g/mol. The van der Waals surface area contributed by atoms with Gasteiger partial charge in [0.2, 0.25) is 5.91 Å². The van der Waals surface area contributed by atoms with Crippen LogP contribution in [0.3, 0.4) is 0 Å². The van der Waals surface area contributed by atoms with Gasteiger partial charge < -0.3 is 5.32 Å². The fraction of sp³-hybridized carbons (Fsp3) is 0.308. The SMILES string of the molecule is CNC(=O)[C@@H](N[C@@H](CCc1ccc(C(F)(F)F)nc1)c1ccc(F)c(C)c1)c1ccc(C(F)(F)F)cc1. The van der Waals surface area contributed by atoms with E-state index < -0.39 is 47.4 Å². The first kappa shape index (κ1) is 28.1. The Bertz CT molecular complexity index is 1210. The number of hydrogen-bond donors (Lipinski definition) is 2. The van der Waals surface area contributed by atoms with Crippen molar-refractivity contribution in [3.63, 3.8) is 0 Å². The van der Waals surface area contributed by atoms with Gasteiger partial charge in [-0.15, -0.1) is 0 Å². The third kappa shape index (κ3) is 7.28. The highest BCUT2D eigenvalue weighted by Crippen LogP contribution is 2.32. The van der Waals surface area contributed by atoms with Gasteiger partial charge in [0.15, 0.2) is 0 Å². The number of amides is 1. The Hall–Kier alpha value is -3.47. The zero-order chi connectivity index (χ0) is 27.4. The number of likely N-dealkylation sites (N-methyl/N-ethyl adjacent to an activating group) is 1. The first-order valence-corrected chi connectivity index (χ1v) is 11.2. The van der Waals surface area contributed by atoms with Crippen molar-refractivity contribution in [2.24, 2.45) is 0 Å². The topological polar surface area (TPSA) is 54.0 Å². The summed E-state index contributed by atoms with van der Waals surface area (Å²) in [7, 11) is 1.38. The van der Waals surface area contributed by atoms with Crippen molar-refractivity contribution in [3.05, 3.63) is 100 Å². The number of nitrogens with zero attached hydrogens (tertiary/aromatic N) is 1. The molecule has 0 aliphatic heterocycles. The Morgan fingerprint density at radius 1 is 0.919 bits per heavy atom. The predicted molar refractivity (Wildman–Crippen MR) is 123 cm³/mol. The lowest BCUT2D eigenvalue weighted by atomic mass is 9.95. The number of carbonyl (C=O) groups is 1. The molecule has 0 aliphatic rings. The minimum absolute atomic E-state index is 0.257. The molecule has 2 atom stereocenters. The van der Waals surface area contributed by atoms with E-state index in [2.05, 4.69) is 15.6 Å². The van der Waals surface area contributed by atoms with Crippen molar-refractivity contribution in [1.82, 2.24) is 15.6 Å². The Labute approximate surface area is 208 Å². The van der Waals surface area contributed by atoms with Crippen molar-refractivity contribution >= 4 is 5.91 Å². The number of rotatable bonds is 8. The number of nitrogens with one attached hydrogen (secondary N) is 2. The summed E-state index contributed by atoms with van der Waals surface area (Å²) >= 11 is 0. The van der Waals surface area contributed by atoms with Crippen LogP contribution >= 0.6 is 0 Å². The summed E-state index contributed by atoms with van der Waals surface area (Å²) in [4.78, 5) is 16.2. The molecule has 1 amide bonds. The van der Waals surface area contributed by atoms with Crippen molar-refractivity contribution in [2.75, 3.05) is 7.05 Å². The first-order valence-electron chi connectivity index (χ1n) is 11.2. The van der Waals surface area contributed by atoms with Crippen LogP contribution in [0, 0.1) is 12.7 Å². The molecule has 198 valence electrons. The molecular weight excluding hydrogens is 503 g/mol. The molecule has 3 aromatic rings. The minimum Gasteiger partial charge on any atom is -0.358 e. The number of pyridine rings is 1. The van der Waals surface area contributed by atoms with E-state index in [-0.39, 0.29) is 18.4 Å². The van der Waals surface area contributed by atoms with Gasteiger partial charge in [0, 0.05) is 19.3 Å².